The number of esters is 1. The molecular formula is C18H29F3N4O3S. The van der Waals surface area contributed by atoms with Crippen LogP contribution in [0.3, 0.4) is 0 Å². The standard InChI is InChI=1S/C18H29F3N4O3S/c1-17(2,3)12-5-4-6-14(9-12)25(23,27)8-7-24-13(10-22)11-29-16(24)28-15(26)18(19,20)21/h12-14,16H,4-9,11,23H2,1-3H3. The van der Waals surface area contributed by atoms with Crippen molar-refractivity contribution in [2.24, 2.45) is 17.2 Å². The van der Waals surface area contributed by atoms with Crippen molar-refractivity contribution < 1.29 is 27.5 Å². The van der Waals surface area contributed by atoms with Gasteiger partial charge in [0.15, 0.2) is 0 Å². The average molecular weight is 439 g/mol. The molecule has 1 aliphatic heterocycles. The van der Waals surface area contributed by atoms with Crippen molar-refractivity contribution in [1.29, 1.82) is 5.26 Å². The van der Waals surface area contributed by atoms with Crippen LogP contribution in [0.2, 0.25) is 0 Å². The highest BCUT2D eigenvalue weighted by molar-refractivity contribution is 8.00. The molecule has 0 aromatic rings. The van der Waals surface area contributed by atoms with Gasteiger partial charge in [-0.25, -0.2) is 9.69 Å². The maximum Gasteiger partial charge on any atom is 0.491 e. The number of rotatable bonds is 5. The van der Waals surface area contributed by atoms with Crippen LogP contribution in [0.25, 0.3) is 0 Å². The summed E-state index contributed by atoms with van der Waals surface area (Å²) in [5.74, 6) is 4.30. The first-order chi connectivity index (χ1) is 13.3. The maximum absolute atomic E-state index is 13.1. The van der Waals surface area contributed by atoms with E-state index in [1.54, 1.807) is 0 Å². The van der Waals surface area contributed by atoms with Crippen LogP contribution < -0.4 is 5.84 Å². The van der Waals surface area contributed by atoms with Crippen LogP contribution >= 0.6 is 11.8 Å². The van der Waals surface area contributed by atoms with E-state index < -0.39 is 28.5 Å². The van der Waals surface area contributed by atoms with Crippen molar-refractivity contribution in [2.75, 3.05) is 18.8 Å². The van der Waals surface area contributed by atoms with E-state index in [0.29, 0.717) is 18.8 Å². The molecule has 0 amide bonds. The van der Waals surface area contributed by atoms with Gasteiger partial charge >= 0.3 is 12.1 Å². The van der Waals surface area contributed by atoms with Gasteiger partial charge in [-0.05, 0) is 24.2 Å². The molecule has 5 unspecified atom stereocenters. The topological polar surface area (TPSA) is 102 Å². The Balaban J connectivity index is 2.02. The SMILES string of the molecule is CC(C)(C)C1CCCC([N+](N)([O-])CCN2C(C#N)CSC2OC(=O)C(F)(F)F)C1. The summed E-state index contributed by atoms with van der Waals surface area (Å²) >= 11 is 0.928. The van der Waals surface area contributed by atoms with Gasteiger partial charge in [0, 0.05) is 18.6 Å². The minimum Gasteiger partial charge on any atom is -0.611 e. The Kier molecular flexibility index (Phi) is 7.49. The van der Waals surface area contributed by atoms with Gasteiger partial charge in [0.1, 0.15) is 18.6 Å². The lowest BCUT2D eigenvalue weighted by atomic mass is 9.71. The first kappa shape index (κ1) is 24.2. The van der Waals surface area contributed by atoms with Crippen molar-refractivity contribution in [3.05, 3.63) is 5.21 Å². The fraction of sp³-hybridized carbons (Fsp3) is 0.889. The van der Waals surface area contributed by atoms with Crippen LogP contribution in [0, 0.1) is 27.9 Å². The second-order valence-corrected chi connectivity index (χ2v) is 9.96. The number of nitrogens with two attached hydrogens (primary N) is 1. The fourth-order valence-corrected chi connectivity index (χ4v) is 5.16. The van der Waals surface area contributed by atoms with E-state index in [2.05, 4.69) is 25.5 Å². The third-order valence-electron chi connectivity index (χ3n) is 5.85. The molecule has 1 saturated heterocycles. The lowest BCUT2D eigenvalue weighted by Gasteiger charge is -2.49. The van der Waals surface area contributed by atoms with E-state index >= 15 is 0 Å². The largest absolute Gasteiger partial charge is 0.611 e. The Bertz CT molecular complexity index is 633. The number of hydrogen-bond donors (Lipinski definition) is 1. The van der Waals surface area contributed by atoms with Gasteiger partial charge in [-0.3, -0.25) is 4.76 Å². The van der Waals surface area contributed by atoms with Gasteiger partial charge in [0.05, 0.1) is 12.6 Å². The van der Waals surface area contributed by atoms with Gasteiger partial charge < -0.3 is 9.94 Å². The molecule has 0 spiro atoms. The number of nitriles is 1. The number of hydrogen-bond acceptors (Lipinski definition) is 7. The lowest BCUT2D eigenvalue weighted by Crippen LogP contribution is -2.61. The number of alkyl halides is 3. The molecule has 11 heteroatoms. The molecular weight excluding hydrogens is 409 g/mol. The van der Waals surface area contributed by atoms with Gasteiger partial charge in [-0.1, -0.05) is 32.5 Å². The van der Waals surface area contributed by atoms with Crippen molar-refractivity contribution >= 4 is 17.7 Å². The highest BCUT2D eigenvalue weighted by atomic mass is 32.2. The summed E-state index contributed by atoms with van der Waals surface area (Å²) in [4.78, 5) is 12.5. The quantitative estimate of drug-likeness (QED) is 0.304. The zero-order valence-electron chi connectivity index (χ0n) is 16.9. The predicted octanol–water partition coefficient (Wildman–Crippen LogP) is 3.11. The molecule has 2 fully saturated rings. The first-order valence-corrected chi connectivity index (χ1v) is 10.7. The van der Waals surface area contributed by atoms with Gasteiger partial charge in [0.2, 0.25) is 5.56 Å². The molecule has 1 saturated carbocycles. The Morgan fingerprint density at radius 1 is 1.38 bits per heavy atom. The van der Waals surface area contributed by atoms with E-state index in [4.69, 9.17) is 5.84 Å². The molecule has 2 aliphatic rings. The third-order valence-corrected chi connectivity index (χ3v) is 7.01. The highest BCUT2D eigenvalue weighted by Gasteiger charge is 2.46. The second-order valence-electron chi connectivity index (χ2n) is 8.89. The zero-order valence-corrected chi connectivity index (χ0v) is 17.8. The lowest BCUT2D eigenvalue weighted by molar-refractivity contribution is -0.918. The minimum absolute atomic E-state index is 0.0300. The van der Waals surface area contributed by atoms with E-state index in [-0.39, 0.29) is 30.3 Å². The summed E-state index contributed by atoms with van der Waals surface area (Å²) in [5.41, 5.74) is -1.20. The smallest absolute Gasteiger partial charge is 0.491 e. The van der Waals surface area contributed by atoms with Gasteiger partial charge in [0.25, 0.3) is 0 Å². The zero-order chi connectivity index (χ0) is 22.0. The maximum atomic E-state index is 13.1. The number of quaternary nitrogens is 1. The predicted molar refractivity (Wildman–Crippen MR) is 102 cm³/mol. The summed E-state index contributed by atoms with van der Waals surface area (Å²) in [5, 5.41) is 22.3. The molecule has 7 nitrogen and oxygen atoms in total. The van der Waals surface area contributed by atoms with E-state index in [0.717, 1.165) is 24.6 Å². The van der Waals surface area contributed by atoms with Crippen LogP contribution in [-0.4, -0.2) is 58.3 Å². The molecule has 0 aromatic heterocycles. The molecule has 2 N–H and O–H groups in total. The highest BCUT2D eigenvalue weighted by Crippen LogP contribution is 2.40. The van der Waals surface area contributed by atoms with Crippen molar-refractivity contribution in [2.45, 2.75) is 70.3 Å². The number of halogens is 3. The summed E-state index contributed by atoms with van der Waals surface area (Å²) in [6, 6.07) is 0.926. The van der Waals surface area contributed by atoms with Crippen LogP contribution in [0.4, 0.5) is 13.2 Å². The Morgan fingerprint density at radius 2 is 2.03 bits per heavy atom. The van der Waals surface area contributed by atoms with Crippen molar-refractivity contribution in [3.8, 4) is 6.07 Å². The molecule has 2 rings (SSSR count). The third kappa shape index (κ3) is 6.21. The molecule has 0 bridgehead atoms. The summed E-state index contributed by atoms with van der Waals surface area (Å²) in [7, 11) is 0. The van der Waals surface area contributed by atoms with Crippen molar-refractivity contribution in [3.63, 3.8) is 0 Å². The summed E-state index contributed by atoms with van der Waals surface area (Å²) < 4.78 is 41.1. The first-order valence-electron chi connectivity index (χ1n) is 9.68. The van der Waals surface area contributed by atoms with E-state index in [1.165, 1.54) is 4.90 Å². The second kappa shape index (κ2) is 8.98. The molecule has 5 atom stereocenters. The number of carbonyl (C=O) groups excluding carboxylic acids is 1. The number of thioether (sulfide) groups is 1. The summed E-state index contributed by atoms with van der Waals surface area (Å²) in [6.45, 7) is 6.27. The monoisotopic (exact) mass is 438 g/mol. The number of hydroxylamine groups is 2. The van der Waals surface area contributed by atoms with Crippen molar-refractivity contribution in [1.82, 2.24) is 4.90 Å². The van der Waals surface area contributed by atoms with Gasteiger partial charge in [-0.15, -0.1) is 0 Å². The fourth-order valence-electron chi connectivity index (χ4n) is 3.95. The number of carbonyl (C=O) groups is 1. The molecule has 1 aliphatic carbocycles. The molecule has 166 valence electrons. The Hall–Kier alpha value is -1.06. The van der Waals surface area contributed by atoms with E-state index in [9.17, 15) is 28.4 Å². The average Bonchev–Trinajstić information content (AvgIpc) is 3.00. The number of ether oxygens (including phenoxy) is 1. The van der Waals surface area contributed by atoms with Gasteiger partial charge in [-0.2, -0.15) is 24.3 Å². The normalized spacial score (nSPS) is 31.1. The molecule has 0 aromatic carbocycles. The van der Waals surface area contributed by atoms with E-state index in [1.807, 2.05) is 6.07 Å². The van der Waals surface area contributed by atoms with Crippen LogP contribution in [0.1, 0.15) is 46.5 Å². The summed E-state index contributed by atoms with van der Waals surface area (Å²) in [6.07, 6.45) is -1.80. The molecule has 29 heavy (non-hydrogen) atoms. The molecule has 0 radical (unpaired) electrons. The van der Waals surface area contributed by atoms with Crippen LogP contribution in [0.5, 0.6) is 0 Å². The number of nitrogens with zero attached hydrogens (tertiary/aromatic N) is 3. The Morgan fingerprint density at radius 3 is 2.59 bits per heavy atom. The minimum atomic E-state index is -5.12. The van der Waals surface area contributed by atoms with Crippen LogP contribution in [-0.2, 0) is 9.53 Å². The molecule has 1 heterocycles. The van der Waals surface area contributed by atoms with Crippen LogP contribution in [0.15, 0.2) is 0 Å². The Labute approximate surface area is 173 Å².